The topological polar surface area (TPSA) is 118 Å². The molecule has 0 saturated carbocycles. The van der Waals surface area contributed by atoms with Crippen molar-refractivity contribution in [2.24, 2.45) is 0 Å². The first-order chi connectivity index (χ1) is 14.8. The normalized spacial score (nSPS) is 17.2. The Hall–Kier alpha value is -2.31. The molecule has 1 amide bonds. The van der Waals surface area contributed by atoms with Gasteiger partial charge in [-0.05, 0) is 12.1 Å². The molecule has 31 heavy (non-hydrogen) atoms. The number of carbonyl (C=O) groups is 1. The van der Waals surface area contributed by atoms with E-state index in [0.717, 1.165) is 5.82 Å². The smallest absolute Gasteiger partial charge is 0.243 e. The molecule has 168 valence electrons. The van der Waals surface area contributed by atoms with E-state index in [1.807, 2.05) is 13.8 Å². The third kappa shape index (κ3) is 4.80. The third-order valence-corrected chi connectivity index (χ3v) is 7.82. The van der Waals surface area contributed by atoms with E-state index in [0.29, 0.717) is 43.0 Å². The first kappa shape index (κ1) is 21.9. The van der Waals surface area contributed by atoms with E-state index in [9.17, 15) is 13.2 Å². The number of fused-ring (bicyclic) bond motifs is 1. The fourth-order valence-electron chi connectivity index (χ4n) is 3.31. The summed E-state index contributed by atoms with van der Waals surface area (Å²) in [6, 6.07) is 4.64. The van der Waals surface area contributed by atoms with Crippen molar-refractivity contribution in [2.45, 2.75) is 29.8 Å². The summed E-state index contributed by atoms with van der Waals surface area (Å²) < 4.78 is 38.4. The fourth-order valence-corrected chi connectivity index (χ4v) is 5.46. The van der Waals surface area contributed by atoms with E-state index in [2.05, 4.69) is 15.2 Å². The lowest BCUT2D eigenvalue weighted by atomic mass is 10.2. The third-order valence-electron chi connectivity index (χ3n) is 5.10. The molecule has 2 aliphatic heterocycles. The summed E-state index contributed by atoms with van der Waals surface area (Å²) in [5, 5.41) is 7.52. The Kier molecular flexibility index (Phi) is 6.39. The van der Waals surface area contributed by atoms with E-state index in [4.69, 9.17) is 9.47 Å². The number of ether oxygens (including phenoxy) is 2. The summed E-state index contributed by atoms with van der Waals surface area (Å²) in [4.78, 5) is 18.7. The number of sulfonamides is 1. The number of nitrogens with one attached hydrogen (secondary N) is 1. The minimum Gasteiger partial charge on any atom is -0.486 e. The summed E-state index contributed by atoms with van der Waals surface area (Å²) >= 11 is 1.27. The number of H-pyrrole nitrogens is 1. The molecular formula is C19H25N5O5S2. The van der Waals surface area contributed by atoms with Gasteiger partial charge in [-0.3, -0.25) is 9.89 Å². The largest absolute Gasteiger partial charge is 0.486 e. The number of nitrogens with zero attached hydrogens (tertiary/aromatic N) is 4. The van der Waals surface area contributed by atoms with Crippen molar-refractivity contribution in [2.75, 3.05) is 45.1 Å². The summed E-state index contributed by atoms with van der Waals surface area (Å²) in [6.45, 7) is 6.03. The highest BCUT2D eigenvalue weighted by molar-refractivity contribution is 7.99. The van der Waals surface area contributed by atoms with Gasteiger partial charge in [-0.15, -0.1) is 5.10 Å². The first-order valence-electron chi connectivity index (χ1n) is 10.1. The van der Waals surface area contributed by atoms with Gasteiger partial charge in [0, 0.05) is 38.2 Å². The Labute approximate surface area is 185 Å². The van der Waals surface area contributed by atoms with Gasteiger partial charge in [0.15, 0.2) is 11.5 Å². The second-order valence-electron chi connectivity index (χ2n) is 7.54. The van der Waals surface area contributed by atoms with Crippen molar-refractivity contribution in [3.63, 3.8) is 0 Å². The lowest BCUT2D eigenvalue weighted by Gasteiger charge is -2.34. The van der Waals surface area contributed by atoms with Crippen molar-refractivity contribution in [1.29, 1.82) is 0 Å². The highest BCUT2D eigenvalue weighted by Crippen LogP contribution is 2.33. The Balaban J connectivity index is 1.32. The van der Waals surface area contributed by atoms with Gasteiger partial charge in [-0.25, -0.2) is 13.4 Å². The highest BCUT2D eigenvalue weighted by Gasteiger charge is 2.31. The molecule has 2 aromatic rings. The maximum Gasteiger partial charge on any atom is 0.243 e. The van der Waals surface area contributed by atoms with Crippen molar-refractivity contribution >= 4 is 27.7 Å². The molecule has 4 rings (SSSR count). The van der Waals surface area contributed by atoms with Crippen molar-refractivity contribution in [1.82, 2.24) is 24.4 Å². The SMILES string of the molecule is CC(C)c1nc(SCC(=O)N2CCN(S(=O)(=O)c3ccc4c(c3)OCCO4)CC2)n[nH]1. The lowest BCUT2D eigenvalue weighted by molar-refractivity contribution is -0.129. The van der Waals surface area contributed by atoms with Crippen LogP contribution >= 0.6 is 11.8 Å². The van der Waals surface area contributed by atoms with Crippen LogP contribution in [0.5, 0.6) is 11.5 Å². The zero-order chi connectivity index (χ0) is 22.0. The molecule has 0 spiro atoms. The van der Waals surface area contributed by atoms with Crippen LogP contribution in [0.3, 0.4) is 0 Å². The molecule has 1 aromatic carbocycles. The van der Waals surface area contributed by atoms with Crippen LogP contribution in [-0.2, 0) is 14.8 Å². The number of aromatic amines is 1. The van der Waals surface area contributed by atoms with Crippen molar-refractivity contribution < 1.29 is 22.7 Å². The van der Waals surface area contributed by atoms with Gasteiger partial charge in [0.1, 0.15) is 19.0 Å². The molecule has 1 fully saturated rings. The van der Waals surface area contributed by atoms with E-state index in [1.165, 1.54) is 28.2 Å². The molecule has 1 N–H and O–H groups in total. The van der Waals surface area contributed by atoms with Gasteiger partial charge in [-0.2, -0.15) is 4.31 Å². The maximum atomic E-state index is 13.0. The molecule has 0 atom stereocenters. The Bertz CT molecular complexity index is 1050. The zero-order valence-corrected chi connectivity index (χ0v) is 19.0. The number of piperazine rings is 1. The zero-order valence-electron chi connectivity index (χ0n) is 17.4. The van der Waals surface area contributed by atoms with Crippen LogP contribution in [0.2, 0.25) is 0 Å². The minimum atomic E-state index is -3.67. The van der Waals surface area contributed by atoms with Gasteiger partial charge >= 0.3 is 0 Å². The van der Waals surface area contributed by atoms with Crippen LogP contribution in [0.25, 0.3) is 0 Å². The Morgan fingerprint density at radius 2 is 1.87 bits per heavy atom. The summed E-state index contributed by atoms with van der Waals surface area (Å²) in [7, 11) is -3.67. The van der Waals surface area contributed by atoms with Crippen LogP contribution in [0.4, 0.5) is 0 Å². The lowest BCUT2D eigenvalue weighted by Crippen LogP contribution is -2.51. The molecule has 0 bridgehead atoms. The molecule has 10 nitrogen and oxygen atoms in total. The standard InChI is InChI=1S/C19H25N5O5S2/c1-13(2)18-20-19(22-21-18)30-12-17(25)23-5-7-24(8-6-23)31(26,27)14-3-4-15-16(11-14)29-10-9-28-15/h3-4,11,13H,5-10,12H2,1-2H3,(H,20,21,22). The molecule has 2 aliphatic rings. The first-order valence-corrected chi connectivity index (χ1v) is 12.5. The number of benzene rings is 1. The molecule has 1 saturated heterocycles. The van der Waals surface area contributed by atoms with Crippen LogP contribution in [0, 0.1) is 0 Å². The van der Waals surface area contributed by atoms with Crippen LogP contribution in [0.1, 0.15) is 25.6 Å². The number of hydrogen-bond donors (Lipinski definition) is 1. The summed E-state index contributed by atoms with van der Waals surface area (Å²) in [5.41, 5.74) is 0. The molecule has 0 aliphatic carbocycles. The van der Waals surface area contributed by atoms with Crippen molar-refractivity contribution in [3.05, 3.63) is 24.0 Å². The van der Waals surface area contributed by atoms with Gasteiger partial charge in [0.25, 0.3) is 0 Å². The number of rotatable bonds is 6. The fraction of sp³-hybridized carbons (Fsp3) is 0.526. The van der Waals surface area contributed by atoms with E-state index in [-0.39, 0.29) is 35.6 Å². The predicted molar refractivity (Wildman–Crippen MR) is 114 cm³/mol. The number of carbonyl (C=O) groups excluding carboxylic acids is 1. The number of aromatic nitrogens is 3. The van der Waals surface area contributed by atoms with Gasteiger partial charge in [0.05, 0.1) is 10.6 Å². The number of amides is 1. The van der Waals surface area contributed by atoms with Gasteiger partial charge in [0.2, 0.25) is 21.1 Å². The average molecular weight is 468 g/mol. The van der Waals surface area contributed by atoms with Crippen LogP contribution in [-0.4, -0.2) is 83.9 Å². The molecule has 12 heteroatoms. The highest BCUT2D eigenvalue weighted by atomic mass is 32.2. The van der Waals surface area contributed by atoms with E-state index < -0.39 is 10.0 Å². The summed E-state index contributed by atoms with van der Waals surface area (Å²) in [5.74, 6) is 2.16. The second kappa shape index (κ2) is 9.05. The van der Waals surface area contributed by atoms with Crippen LogP contribution in [0.15, 0.2) is 28.3 Å². The van der Waals surface area contributed by atoms with Gasteiger partial charge in [-0.1, -0.05) is 25.6 Å². The predicted octanol–water partition coefficient (Wildman–Crippen LogP) is 1.32. The number of hydrogen-bond acceptors (Lipinski definition) is 8. The monoisotopic (exact) mass is 467 g/mol. The number of thioether (sulfide) groups is 1. The molecule has 3 heterocycles. The Morgan fingerprint density at radius 3 is 2.55 bits per heavy atom. The quantitative estimate of drug-likeness (QED) is 0.632. The van der Waals surface area contributed by atoms with Gasteiger partial charge < -0.3 is 14.4 Å². The molecular weight excluding hydrogens is 442 g/mol. The van der Waals surface area contributed by atoms with Crippen molar-refractivity contribution in [3.8, 4) is 11.5 Å². The van der Waals surface area contributed by atoms with E-state index in [1.54, 1.807) is 11.0 Å². The maximum absolute atomic E-state index is 13.0. The summed E-state index contributed by atoms with van der Waals surface area (Å²) in [6.07, 6.45) is 0. The Morgan fingerprint density at radius 1 is 1.16 bits per heavy atom. The molecule has 0 radical (unpaired) electrons. The van der Waals surface area contributed by atoms with Crippen LogP contribution < -0.4 is 9.47 Å². The minimum absolute atomic E-state index is 0.0581. The average Bonchev–Trinajstić information content (AvgIpc) is 3.27. The van der Waals surface area contributed by atoms with E-state index >= 15 is 0 Å². The molecule has 0 unspecified atom stereocenters. The second-order valence-corrected chi connectivity index (χ2v) is 10.4. The molecule has 1 aromatic heterocycles.